The van der Waals surface area contributed by atoms with E-state index in [1.165, 1.54) is 19.2 Å². The quantitative estimate of drug-likeness (QED) is 0.840. The molecule has 1 rings (SSSR count). The van der Waals surface area contributed by atoms with Crippen LogP contribution in [0.25, 0.3) is 0 Å². The van der Waals surface area contributed by atoms with E-state index in [1.54, 1.807) is 6.07 Å². The van der Waals surface area contributed by atoms with E-state index >= 15 is 0 Å². The second-order valence-electron chi connectivity index (χ2n) is 5.51. The number of amides is 1. The summed E-state index contributed by atoms with van der Waals surface area (Å²) in [5, 5.41) is 3.02. The maximum absolute atomic E-state index is 12.1. The molecule has 1 atom stereocenters. The molecule has 6 heteroatoms. The first-order valence-corrected chi connectivity index (χ1v) is 6.49. The van der Waals surface area contributed by atoms with Crippen molar-refractivity contribution in [3.05, 3.63) is 28.8 Å². The van der Waals surface area contributed by atoms with E-state index in [-0.39, 0.29) is 17.2 Å². The van der Waals surface area contributed by atoms with Gasteiger partial charge in [-0.1, -0.05) is 32.4 Å². The minimum atomic E-state index is -0.716. The number of esters is 1. The molecule has 0 spiro atoms. The Labute approximate surface area is 123 Å². The monoisotopic (exact) mass is 298 g/mol. The molecule has 3 N–H and O–H groups in total. The number of rotatable bonds is 3. The number of hydrogen-bond acceptors (Lipinski definition) is 4. The van der Waals surface area contributed by atoms with Gasteiger partial charge in [0.15, 0.2) is 0 Å². The maximum Gasteiger partial charge on any atom is 0.339 e. The van der Waals surface area contributed by atoms with Crippen molar-refractivity contribution in [2.45, 2.75) is 26.8 Å². The minimum Gasteiger partial charge on any atom is -0.465 e. The van der Waals surface area contributed by atoms with Crippen LogP contribution in [0.5, 0.6) is 0 Å². The van der Waals surface area contributed by atoms with Crippen LogP contribution < -0.4 is 11.1 Å². The molecule has 110 valence electrons. The molecular formula is C14H19ClN2O3. The predicted octanol–water partition coefficient (Wildman–Crippen LogP) is 2.44. The molecule has 1 amide bonds. The molecule has 0 heterocycles. The normalized spacial score (nSPS) is 12.7. The molecule has 0 fully saturated rings. The van der Waals surface area contributed by atoms with Gasteiger partial charge in [0.2, 0.25) is 5.91 Å². The van der Waals surface area contributed by atoms with Crippen molar-refractivity contribution < 1.29 is 14.3 Å². The summed E-state index contributed by atoms with van der Waals surface area (Å²) in [5.41, 5.74) is 6.00. The maximum atomic E-state index is 12.1. The number of halogens is 1. The minimum absolute atomic E-state index is 0.228. The lowest BCUT2D eigenvalue weighted by Crippen LogP contribution is -2.45. The lowest BCUT2D eigenvalue weighted by molar-refractivity contribution is -0.119. The highest BCUT2D eigenvalue weighted by molar-refractivity contribution is 6.31. The fourth-order valence-corrected chi connectivity index (χ4v) is 1.68. The first kappa shape index (κ1) is 16.5. The molecule has 5 nitrogen and oxygen atoms in total. The largest absolute Gasteiger partial charge is 0.465 e. The lowest BCUT2D eigenvalue weighted by atomic mass is 9.87. The zero-order chi connectivity index (χ0) is 15.5. The van der Waals surface area contributed by atoms with Crippen LogP contribution >= 0.6 is 11.6 Å². The van der Waals surface area contributed by atoms with Gasteiger partial charge in [0.05, 0.1) is 24.4 Å². The molecule has 0 saturated heterocycles. The van der Waals surface area contributed by atoms with Crippen LogP contribution in [-0.2, 0) is 9.53 Å². The first-order valence-electron chi connectivity index (χ1n) is 6.11. The Kier molecular flexibility index (Phi) is 5.14. The van der Waals surface area contributed by atoms with Crippen molar-refractivity contribution >= 4 is 29.2 Å². The summed E-state index contributed by atoms with van der Waals surface area (Å²) >= 11 is 5.88. The Balaban J connectivity index is 3.05. The second-order valence-corrected chi connectivity index (χ2v) is 5.95. The SMILES string of the molecule is COC(=O)c1ccc(Cl)cc1NC(=O)[C@@H](N)C(C)(C)C. The molecular weight excluding hydrogens is 280 g/mol. The smallest absolute Gasteiger partial charge is 0.339 e. The average Bonchev–Trinajstić information content (AvgIpc) is 2.36. The summed E-state index contributed by atoms with van der Waals surface area (Å²) in [6, 6.07) is 3.81. The molecule has 1 aromatic carbocycles. The summed E-state index contributed by atoms with van der Waals surface area (Å²) in [7, 11) is 1.27. The number of carbonyl (C=O) groups excluding carboxylic acids is 2. The molecule has 0 saturated carbocycles. The Morgan fingerprint density at radius 2 is 1.95 bits per heavy atom. The molecule has 0 bridgehead atoms. The van der Waals surface area contributed by atoms with Crippen molar-refractivity contribution in [2.24, 2.45) is 11.1 Å². The lowest BCUT2D eigenvalue weighted by Gasteiger charge is -2.26. The number of methoxy groups -OCH3 is 1. The zero-order valence-corrected chi connectivity index (χ0v) is 12.7. The highest BCUT2D eigenvalue weighted by Gasteiger charge is 2.28. The van der Waals surface area contributed by atoms with Crippen molar-refractivity contribution in [3.8, 4) is 0 Å². The third-order valence-corrected chi connectivity index (χ3v) is 3.10. The molecule has 0 radical (unpaired) electrons. The highest BCUT2D eigenvalue weighted by atomic mass is 35.5. The summed E-state index contributed by atoms with van der Waals surface area (Å²) < 4.78 is 4.66. The van der Waals surface area contributed by atoms with E-state index in [0.29, 0.717) is 5.02 Å². The number of nitrogens with two attached hydrogens (primary N) is 1. The van der Waals surface area contributed by atoms with Gasteiger partial charge in [-0.2, -0.15) is 0 Å². The number of anilines is 1. The van der Waals surface area contributed by atoms with Gasteiger partial charge in [-0.3, -0.25) is 4.79 Å². The van der Waals surface area contributed by atoms with Crippen LogP contribution in [0.4, 0.5) is 5.69 Å². The van der Waals surface area contributed by atoms with Crippen LogP contribution in [0.1, 0.15) is 31.1 Å². The molecule has 1 aromatic rings. The Morgan fingerprint density at radius 1 is 1.35 bits per heavy atom. The van der Waals surface area contributed by atoms with E-state index in [0.717, 1.165) is 0 Å². The van der Waals surface area contributed by atoms with E-state index in [9.17, 15) is 9.59 Å². The predicted molar refractivity (Wildman–Crippen MR) is 78.9 cm³/mol. The third-order valence-electron chi connectivity index (χ3n) is 2.86. The van der Waals surface area contributed by atoms with Gasteiger partial charge in [-0.15, -0.1) is 0 Å². The van der Waals surface area contributed by atoms with Gasteiger partial charge in [0, 0.05) is 5.02 Å². The van der Waals surface area contributed by atoms with Crippen molar-refractivity contribution in [1.82, 2.24) is 0 Å². The number of carbonyl (C=O) groups is 2. The zero-order valence-electron chi connectivity index (χ0n) is 12.0. The molecule has 20 heavy (non-hydrogen) atoms. The molecule has 0 aliphatic carbocycles. The van der Waals surface area contributed by atoms with E-state index < -0.39 is 17.4 Å². The second kappa shape index (κ2) is 6.24. The highest BCUT2D eigenvalue weighted by Crippen LogP contribution is 2.24. The summed E-state index contributed by atoms with van der Waals surface area (Å²) in [4.78, 5) is 23.7. The van der Waals surface area contributed by atoms with Gasteiger partial charge in [-0.05, 0) is 23.6 Å². The van der Waals surface area contributed by atoms with Gasteiger partial charge in [-0.25, -0.2) is 4.79 Å². The van der Waals surface area contributed by atoms with Gasteiger partial charge < -0.3 is 15.8 Å². The van der Waals surface area contributed by atoms with Gasteiger partial charge >= 0.3 is 5.97 Å². The number of benzene rings is 1. The average molecular weight is 299 g/mol. The van der Waals surface area contributed by atoms with E-state index in [4.69, 9.17) is 17.3 Å². The van der Waals surface area contributed by atoms with Crippen molar-refractivity contribution in [3.63, 3.8) is 0 Å². The Morgan fingerprint density at radius 3 is 2.45 bits per heavy atom. The van der Waals surface area contributed by atoms with Crippen LogP contribution in [-0.4, -0.2) is 25.0 Å². The van der Waals surface area contributed by atoms with Crippen LogP contribution in [0.15, 0.2) is 18.2 Å². The topological polar surface area (TPSA) is 81.4 Å². The molecule has 0 aliphatic heterocycles. The Bertz CT molecular complexity index is 524. The van der Waals surface area contributed by atoms with Crippen LogP contribution in [0.3, 0.4) is 0 Å². The first-order chi connectivity index (χ1) is 9.16. The number of nitrogens with one attached hydrogen (secondary N) is 1. The third kappa shape index (κ3) is 3.95. The van der Waals surface area contributed by atoms with Gasteiger partial charge in [0.1, 0.15) is 0 Å². The van der Waals surface area contributed by atoms with Crippen LogP contribution in [0, 0.1) is 5.41 Å². The standard InChI is InChI=1S/C14H19ClN2O3/c1-14(2,3)11(16)12(18)17-10-7-8(15)5-6-9(10)13(19)20-4/h5-7,11H,16H2,1-4H3,(H,17,18)/t11-/m1/s1. The van der Waals surface area contributed by atoms with Crippen LogP contribution in [0.2, 0.25) is 5.02 Å². The fourth-order valence-electron chi connectivity index (χ4n) is 1.51. The molecule has 0 aromatic heterocycles. The molecule has 0 aliphatic rings. The number of hydrogen-bond donors (Lipinski definition) is 2. The van der Waals surface area contributed by atoms with E-state index in [2.05, 4.69) is 10.1 Å². The summed E-state index contributed by atoms with van der Waals surface area (Å²) in [6.45, 7) is 5.57. The molecule has 0 unspecified atom stereocenters. The van der Waals surface area contributed by atoms with Crippen molar-refractivity contribution in [1.29, 1.82) is 0 Å². The van der Waals surface area contributed by atoms with Crippen molar-refractivity contribution in [2.75, 3.05) is 12.4 Å². The number of ether oxygens (including phenoxy) is 1. The van der Waals surface area contributed by atoms with E-state index in [1.807, 2.05) is 20.8 Å². The summed E-state index contributed by atoms with van der Waals surface area (Å²) in [5.74, 6) is -0.939. The summed E-state index contributed by atoms with van der Waals surface area (Å²) in [6.07, 6.45) is 0. The Hall–Kier alpha value is -1.59. The van der Waals surface area contributed by atoms with Gasteiger partial charge in [0.25, 0.3) is 0 Å². The fraction of sp³-hybridized carbons (Fsp3) is 0.429.